The number of benzene rings is 2. The number of nitrogens with two attached hydrogens (primary N) is 1. The van der Waals surface area contributed by atoms with Crippen molar-refractivity contribution in [3.63, 3.8) is 0 Å². The third-order valence-corrected chi connectivity index (χ3v) is 11.9. The van der Waals surface area contributed by atoms with E-state index in [0.29, 0.717) is 31.7 Å². The van der Waals surface area contributed by atoms with Gasteiger partial charge >= 0.3 is 12.1 Å². The van der Waals surface area contributed by atoms with Gasteiger partial charge in [-0.2, -0.15) is 0 Å². The van der Waals surface area contributed by atoms with Crippen molar-refractivity contribution < 1.29 is 29.0 Å². The summed E-state index contributed by atoms with van der Waals surface area (Å²) < 4.78 is 14.0. The normalized spacial score (nSPS) is 21.6. The van der Waals surface area contributed by atoms with Crippen LogP contribution in [0.1, 0.15) is 79.7 Å². The monoisotopic (exact) mass is 756 g/mol. The predicted molar refractivity (Wildman–Crippen MR) is 216 cm³/mol. The van der Waals surface area contributed by atoms with Crippen molar-refractivity contribution >= 4 is 31.4 Å². The van der Waals surface area contributed by atoms with Gasteiger partial charge in [0.25, 0.3) is 0 Å². The van der Waals surface area contributed by atoms with Gasteiger partial charge in [-0.15, -0.1) is 5.10 Å². The second-order valence-corrected chi connectivity index (χ2v) is 16.0. The van der Waals surface area contributed by atoms with Gasteiger partial charge in [0.1, 0.15) is 23.0 Å². The number of carbonyl (C=O) groups excluding carboxylic acids is 2. The molecule has 0 spiro atoms. The molecule has 1 fully saturated rings. The first kappa shape index (κ1) is 43.5. The van der Waals surface area contributed by atoms with E-state index in [1.807, 2.05) is 84.2 Å². The van der Waals surface area contributed by atoms with E-state index >= 15 is 0 Å². The minimum absolute atomic E-state index is 0.0570. The quantitative estimate of drug-likeness (QED) is 0.0450. The second kappa shape index (κ2) is 19.1. The molecule has 2 aromatic carbocycles. The van der Waals surface area contributed by atoms with Gasteiger partial charge in [-0.25, -0.2) is 4.79 Å². The van der Waals surface area contributed by atoms with Crippen LogP contribution in [0, 0.1) is 23.7 Å². The Morgan fingerprint density at radius 1 is 1.11 bits per heavy atom. The third-order valence-electron chi connectivity index (χ3n) is 11.9. The average molecular weight is 757 g/mol. The van der Waals surface area contributed by atoms with Crippen LogP contribution in [0.3, 0.4) is 0 Å². The van der Waals surface area contributed by atoms with Gasteiger partial charge in [0, 0.05) is 43.4 Å². The fraction of sp³-hybridized carbons (Fsp3) is 0.595. The van der Waals surface area contributed by atoms with E-state index < -0.39 is 40.6 Å². The van der Waals surface area contributed by atoms with E-state index in [1.165, 1.54) is 0 Å². The Bertz CT molecular complexity index is 1720. The summed E-state index contributed by atoms with van der Waals surface area (Å²) in [6.45, 7) is 15.8. The Morgan fingerprint density at radius 2 is 1.80 bits per heavy atom. The summed E-state index contributed by atoms with van der Waals surface area (Å²) in [5.41, 5.74) is 7.46. The number of hydrogen-bond acceptors (Lipinski definition) is 9. The molecule has 55 heavy (non-hydrogen) atoms. The molecule has 12 nitrogen and oxygen atoms in total. The maximum Gasteiger partial charge on any atom is 0.410 e. The maximum atomic E-state index is 13.6. The maximum absolute atomic E-state index is 13.6. The molecule has 4 N–H and O–H groups in total. The van der Waals surface area contributed by atoms with Crippen molar-refractivity contribution in [2.24, 2.45) is 23.7 Å². The molecule has 1 aliphatic heterocycles. The molecule has 3 aromatic rings. The van der Waals surface area contributed by atoms with E-state index in [0.717, 1.165) is 36.1 Å². The number of unbranched alkanes of at least 4 members (excludes halogenated alkanes) is 1. The number of Topliss-reactive ketones (excluding diaryl/α,β-unsaturated/α-hetero) is 1. The number of nitrogen functional groups attached to an aromatic ring is 1. The molecular weight excluding hydrogens is 695 g/mol. The largest absolute Gasteiger partial charge is 0.481 e. The predicted octanol–water partition coefficient (Wildman–Crippen LogP) is 6.45. The van der Waals surface area contributed by atoms with Crippen LogP contribution in [0.2, 0.25) is 5.82 Å². The molecule has 4 rings (SSSR count). The zero-order chi connectivity index (χ0) is 40.5. The molecule has 2 radical (unpaired) electrons. The second-order valence-electron chi connectivity index (χ2n) is 16.0. The average Bonchev–Trinajstić information content (AvgIpc) is 3.75. The topological polar surface area (TPSA) is 162 Å². The van der Waals surface area contributed by atoms with Crippen LogP contribution in [0.4, 0.5) is 10.5 Å². The first-order valence-corrected chi connectivity index (χ1v) is 19.6. The van der Waals surface area contributed by atoms with Gasteiger partial charge in [0.2, 0.25) is 0 Å². The van der Waals surface area contributed by atoms with Crippen LogP contribution in [-0.4, -0.2) is 94.2 Å². The summed E-state index contributed by atoms with van der Waals surface area (Å²) in [4.78, 5) is 41.2. The Morgan fingerprint density at radius 3 is 2.44 bits per heavy atom. The molecule has 0 saturated carbocycles. The molecule has 1 amide bonds. The minimum Gasteiger partial charge on any atom is -0.481 e. The van der Waals surface area contributed by atoms with Crippen LogP contribution in [-0.2, 0) is 32.0 Å². The SMILES string of the molecule is [B][C@H]([C@@H](C)C(=O)[C@@H](Cc1ccccc1)C(=O)O)[C@@](C)(C[C@@H](C)CN[C@H](C)[C@H]1N(CCCCn2cc(-c3cccc(N)c3)nn2)C(=O)O[C@]1(C)[C@H](C)CC)OC. The number of aliphatic carboxylic acids is 1. The molecule has 0 aliphatic carbocycles. The molecule has 0 bridgehead atoms. The highest BCUT2D eigenvalue weighted by Gasteiger charge is 2.55. The number of carboxylic acids is 1. The van der Waals surface area contributed by atoms with E-state index in [9.17, 15) is 19.5 Å². The molecule has 13 heteroatoms. The summed E-state index contributed by atoms with van der Waals surface area (Å²) in [6.07, 6.45) is 4.64. The van der Waals surface area contributed by atoms with Crippen LogP contribution in [0.15, 0.2) is 60.8 Å². The summed E-state index contributed by atoms with van der Waals surface area (Å²) in [5, 5.41) is 22.3. The summed E-state index contributed by atoms with van der Waals surface area (Å²) >= 11 is 0. The molecule has 9 atom stereocenters. The Labute approximate surface area is 328 Å². The number of carboxylic acid groups (broad SMARTS) is 1. The smallest absolute Gasteiger partial charge is 0.410 e. The highest BCUT2D eigenvalue weighted by Crippen LogP contribution is 2.40. The zero-order valence-electron chi connectivity index (χ0n) is 33.9. The highest BCUT2D eigenvalue weighted by atomic mass is 16.6. The van der Waals surface area contributed by atoms with Crippen molar-refractivity contribution in [2.75, 3.05) is 25.9 Å². The minimum atomic E-state index is -1.21. The molecule has 298 valence electrons. The number of ether oxygens (including phenoxy) is 2. The number of aryl methyl sites for hydroxylation is 1. The van der Waals surface area contributed by atoms with Gasteiger partial charge in [-0.1, -0.05) is 75.4 Å². The van der Waals surface area contributed by atoms with Crippen LogP contribution < -0.4 is 11.1 Å². The first-order valence-electron chi connectivity index (χ1n) is 19.6. The first-order chi connectivity index (χ1) is 26.0. The Kier molecular flexibility index (Phi) is 15.1. The molecule has 2 heterocycles. The number of carbonyl (C=O) groups is 3. The number of hydrogen-bond donors (Lipinski definition) is 3. The number of methoxy groups -OCH3 is 1. The lowest BCUT2D eigenvalue weighted by atomic mass is 9.62. The number of rotatable bonds is 22. The van der Waals surface area contributed by atoms with Crippen molar-refractivity contribution in [2.45, 2.75) is 116 Å². The van der Waals surface area contributed by atoms with Crippen molar-refractivity contribution in [1.29, 1.82) is 0 Å². The van der Waals surface area contributed by atoms with Crippen LogP contribution >= 0.6 is 0 Å². The van der Waals surface area contributed by atoms with E-state index in [-0.39, 0.29) is 36.4 Å². The molecule has 1 aromatic heterocycles. The number of aromatic nitrogens is 3. The number of nitrogens with one attached hydrogen (secondary N) is 1. The van der Waals surface area contributed by atoms with Crippen molar-refractivity contribution in [3.8, 4) is 11.3 Å². The van der Waals surface area contributed by atoms with Gasteiger partial charge in [-0.05, 0) is 94.8 Å². The van der Waals surface area contributed by atoms with E-state index in [2.05, 4.69) is 43.3 Å². The van der Waals surface area contributed by atoms with Crippen LogP contribution in [0.25, 0.3) is 11.3 Å². The number of anilines is 1. The number of ketones is 1. The lowest BCUT2D eigenvalue weighted by Crippen LogP contribution is -2.58. The summed E-state index contributed by atoms with van der Waals surface area (Å²) in [6, 6.07) is 16.4. The standard InChI is InChI=1S/C42H61BN6O6/c1-9-28(3)42(7)38(49(40(53)55-42)21-14-13-20-48-26-35(46-47-48)32-18-15-19-33(44)23-32)30(5)45-25-27(2)24-41(6,54-8)37(43)29(4)36(50)34(39(51)52)22-31-16-11-10-12-17-31/h10-12,15-19,23,26-30,34,37-38,45H,9,13-14,20-22,24-25,44H2,1-8H3,(H,51,52)/t27-,28-,29+,30-,34-,37-,38-,41-,42-/m1/s1. The Hall–Kier alpha value is -4.23. The Balaban J connectivity index is 1.37. The third kappa shape index (κ3) is 10.5. The zero-order valence-corrected chi connectivity index (χ0v) is 33.9. The van der Waals surface area contributed by atoms with Crippen LogP contribution in [0.5, 0.6) is 0 Å². The fourth-order valence-corrected chi connectivity index (χ4v) is 8.12. The molecular formula is C42H61BN6O6. The van der Waals surface area contributed by atoms with E-state index in [4.69, 9.17) is 23.1 Å². The summed E-state index contributed by atoms with van der Waals surface area (Å²) in [5.74, 6) is -4.10. The number of cyclic esters (lactones) is 1. The lowest BCUT2D eigenvalue weighted by Gasteiger charge is -2.42. The van der Waals surface area contributed by atoms with Gasteiger partial charge in [0.05, 0.1) is 25.7 Å². The molecule has 1 aliphatic rings. The van der Waals surface area contributed by atoms with Crippen molar-refractivity contribution in [3.05, 3.63) is 66.4 Å². The van der Waals surface area contributed by atoms with Gasteiger partial charge < -0.3 is 25.6 Å². The molecule has 1 saturated heterocycles. The summed E-state index contributed by atoms with van der Waals surface area (Å²) in [7, 11) is 8.34. The number of nitrogens with zero attached hydrogens (tertiary/aromatic N) is 4. The number of amides is 1. The van der Waals surface area contributed by atoms with E-state index in [1.54, 1.807) is 14.0 Å². The van der Waals surface area contributed by atoms with Gasteiger partial charge in [-0.3, -0.25) is 19.2 Å². The van der Waals surface area contributed by atoms with Crippen molar-refractivity contribution in [1.82, 2.24) is 25.2 Å². The highest BCUT2D eigenvalue weighted by molar-refractivity contribution is 6.15. The lowest BCUT2D eigenvalue weighted by molar-refractivity contribution is -0.148. The fourth-order valence-electron chi connectivity index (χ4n) is 8.12. The molecule has 0 unspecified atom stereocenters. The van der Waals surface area contributed by atoms with Gasteiger partial charge in [0.15, 0.2) is 0 Å².